The van der Waals surface area contributed by atoms with Crippen LogP contribution in [0.5, 0.6) is 0 Å². The largest absolute Gasteiger partial charge is 0.377 e. The number of nitrogens with one attached hydrogen (secondary N) is 1. The van der Waals surface area contributed by atoms with Crippen LogP contribution in [0.25, 0.3) is 0 Å². The summed E-state index contributed by atoms with van der Waals surface area (Å²) < 4.78 is 5.36. The molecule has 1 rings (SSSR count). The summed E-state index contributed by atoms with van der Waals surface area (Å²) in [7, 11) is 0. The predicted octanol–water partition coefficient (Wildman–Crippen LogP) is 1.16. The minimum atomic E-state index is 0.376. The van der Waals surface area contributed by atoms with Crippen molar-refractivity contribution in [1.29, 1.82) is 0 Å². The van der Waals surface area contributed by atoms with Crippen molar-refractivity contribution in [3.8, 4) is 0 Å². The van der Waals surface area contributed by atoms with Crippen molar-refractivity contribution < 1.29 is 4.74 Å². The molecule has 0 atom stereocenters. The lowest BCUT2D eigenvalue weighted by molar-refractivity contribution is 0.0807. The second kappa shape index (κ2) is 3.94. The minimum absolute atomic E-state index is 0.376. The van der Waals surface area contributed by atoms with Gasteiger partial charge in [0.15, 0.2) is 0 Å². The van der Waals surface area contributed by atoms with Crippen LogP contribution in [0, 0.1) is 0 Å². The monoisotopic (exact) mass is 143 g/mol. The predicted molar refractivity (Wildman–Crippen MR) is 42.1 cm³/mol. The Kier molecular flexibility index (Phi) is 3.16. The van der Waals surface area contributed by atoms with Gasteiger partial charge in [-0.1, -0.05) is 0 Å². The first kappa shape index (κ1) is 8.02. The van der Waals surface area contributed by atoms with Crippen molar-refractivity contribution in [2.45, 2.75) is 38.8 Å². The van der Waals surface area contributed by atoms with Crippen molar-refractivity contribution in [2.75, 3.05) is 13.2 Å². The normalized spacial score (nSPS) is 18.3. The number of hydrogen-bond acceptors (Lipinski definition) is 2. The van der Waals surface area contributed by atoms with E-state index in [0.717, 1.165) is 19.2 Å². The molecule has 1 N–H and O–H groups in total. The molecule has 0 radical (unpaired) electrons. The Labute approximate surface area is 63.0 Å². The average Bonchev–Trinajstić information content (AvgIpc) is 2.62. The van der Waals surface area contributed by atoms with E-state index in [9.17, 15) is 0 Å². The molecule has 1 aliphatic rings. The first-order valence-electron chi connectivity index (χ1n) is 4.14. The van der Waals surface area contributed by atoms with Gasteiger partial charge < -0.3 is 10.1 Å². The summed E-state index contributed by atoms with van der Waals surface area (Å²) in [4.78, 5) is 0. The maximum absolute atomic E-state index is 5.36. The van der Waals surface area contributed by atoms with Gasteiger partial charge in [-0.3, -0.25) is 0 Å². The molecule has 0 aromatic heterocycles. The third-order valence-electron chi connectivity index (χ3n) is 1.56. The van der Waals surface area contributed by atoms with Crippen molar-refractivity contribution in [3.05, 3.63) is 0 Å². The van der Waals surface area contributed by atoms with E-state index in [1.165, 1.54) is 12.8 Å². The van der Waals surface area contributed by atoms with Gasteiger partial charge in [0.05, 0.1) is 12.7 Å². The Morgan fingerprint density at radius 3 is 2.70 bits per heavy atom. The second-order valence-electron chi connectivity index (χ2n) is 3.15. The van der Waals surface area contributed by atoms with E-state index in [2.05, 4.69) is 19.2 Å². The second-order valence-corrected chi connectivity index (χ2v) is 3.15. The van der Waals surface area contributed by atoms with Crippen LogP contribution in [-0.4, -0.2) is 25.3 Å². The maximum Gasteiger partial charge on any atom is 0.0594 e. The Balaban J connectivity index is 1.76. The van der Waals surface area contributed by atoms with E-state index in [4.69, 9.17) is 4.74 Å². The molecule has 1 aliphatic carbocycles. The molecule has 2 nitrogen and oxygen atoms in total. The Bertz CT molecular complexity index is 85.3. The van der Waals surface area contributed by atoms with Crippen LogP contribution in [0.3, 0.4) is 0 Å². The zero-order valence-electron chi connectivity index (χ0n) is 6.89. The summed E-state index contributed by atoms with van der Waals surface area (Å²) in [6.07, 6.45) is 3.10. The molecule has 0 aromatic rings. The fourth-order valence-electron chi connectivity index (χ4n) is 0.845. The Morgan fingerprint density at radius 1 is 1.50 bits per heavy atom. The number of ether oxygens (including phenoxy) is 1. The van der Waals surface area contributed by atoms with Crippen molar-refractivity contribution >= 4 is 0 Å². The molecule has 0 bridgehead atoms. The number of hydrogen-bond donors (Lipinski definition) is 1. The summed E-state index contributed by atoms with van der Waals surface area (Å²) in [5.74, 6) is 0. The van der Waals surface area contributed by atoms with Gasteiger partial charge in [-0.25, -0.2) is 0 Å². The van der Waals surface area contributed by atoms with Crippen molar-refractivity contribution in [1.82, 2.24) is 5.32 Å². The smallest absolute Gasteiger partial charge is 0.0594 e. The zero-order valence-corrected chi connectivity index (χ0v) is 6.89. The maximum atomic E-state index is 5.36. The molecule has 10 heavy (non-hydrogen) atoms. The highest BCUT2D eigenvalue weighted by atomic mass is 16.5. The molecular formula is C8H17NO. The van der Waals surface area contributed by atoms with Gasteiger partial charge >= 0.3 is 0 Å². The number of rotatable bonds is 5. The highest BCUT2D eigenvalue weighted by Gasteiger charge is 2.19. The van der Waals surface area contributed by atoms with E-state index in [-0.39, 0.29) is 0 Å². The van der Waals surface area contributed by atoms with Crippen LogP contribution in [0.1, 0.15) is 26.7 Å². The highest BCUT2D eigenvalue weighted by Crippen LogP contribution is 2.17. The van der Waals surface area contributed by atoms with Gasteiger partial charge in [-0.15, -0.1) is 0 Å². The van der Waals surface area contributed by atoms with Crippen LogP contribution in [-0.2, 0) is 4.74 Å². The molecule has 0 aliphatic heterocycles. The SMILES string of the molecule is CC(C)OCCNC1CC1. The van der Waals surface area contributed by atoms with E-state index < -0.39 is 0 Å². The molecule has 1 fully saturated rings. The molecule has 0 amide bonds. The van der Waals surface area contributed by atoms with Gasteiger partial charge in [0.1, 0.15) is 0 Å². The molecule has 0 saturated heterocycles. The van der Waals surface area contributed by atoms with E-state index in [1.807, 2.05) is 0 Å². The molecule has 2 heteroatoms. The summed E-state index contributed by atoms with van der Waals surface area (Å²) >= 11 is 0. The minimum Gasteiger partial charge on any atom is -0.377 e. The molecule has 0 unspecified atom stereocenters. The van der Waals surface area contributed by atoms with Crippen LogP contribution in [0.4, 0.5) is 0 Å². The molecule has 0 spiro atoms. The molecule has 1 saturated carbocycles. The summed E-state index contributed by atoms with van der Waals surface area (Å²) in [5, 5.41) is 3.39. The van der Waals surface area contributed by atoms with Crippen LogP contribution >= 0.6 is 0 Å². The van der Waals surface area contributed by atoms with E-state index >= 15 is 0 Å². The first-order chi connectivity index (χ1) is 4.79. The topological polar surface area (TPSA) is 21.3 Å². The summed E-state index contributed by atoms with van der Waals surface area (Å²) in [5.41, 5.74) is 0. The van der Waals surface area contributed by atoms with Crippen LogP contribution in [0.2, 0.25) is 0 Å². The molecular weight excluding hydrogens is 126 g/mol. The Hall–Kier alpha value is -0.0800. The van der Waals surface area contributed by atoms with E-state index in [1.54, 1.807) is 0 Å². The van der Waals surface area contributed by atoms with Crippen molar-refractivity contribution in [2.24, 2.45) is 0 Å². The van der Waals surface area contributed by atoms with Gasteiger partial charge in [-0.2, -0.15) is 0 Å². The highest BCUT2D eigenvalue weighted by molar-refractivity contribution is 4.80. The third-order valence-corrected chi connectivity index (χ3v) is 1.56. The lowest BCUT2D eigenvalue weighted by atomic mass is 10.5. The van der Waals surface area contributed by atoms with Crippen LogP contribution < -0.4 is 5.32 Å². The molecule has 0 aromatic carbocycles. The van der Waals surface area contributed by atoms with Gasteiger partial charge in [0.25, 0.3) is 0 Å². The fraction of sp³-hybridized carbons (Fsp3) is 1.00. The zero-order chi connectivity index (χ0) is 7.40. The average molecular weight is 143 g/mol. The summed E-state index contributed by atoms with van der Waals surface area (Å²) in [6, 6.07) is 0.816. The third kappa shape index (κ3) is 3.85. The van der Waals surface area contributed by atoms with Gasteiger partial charge in [0.2, 0.25) is 0 Å². The van der Waals surface area contributed by atoms with Gasteiger partial charge in [-0.05, 0) is 26.7 Å². The Morgan fingerprint density at radius 2 is 2.20 bits per heavy atom. The lowest BCUT2D eigenvalue weighted by Gasteiger charge is -2.07. The molecule has 60 valence electrons. The van der Waals surface area contributed by atoms with Gasteiger partial charge in [0, 0.05) is 12.6 Å². The van der Waals surface area contributed by atoms with Crippen LogP contribution in [0.15, 0.2) is 0 Å². The summed E-state index contributed by atoms with van der Waals surface area (Å²) in [6.45, 7) is 6.01. The standard InChI is InChI=1S/C8H17NO/c1-7(2)10-6-5-9-8-3-4-8/h7-9H,3-6H2,1-2H3. The fourth-order valence-corrected chi connectivity index (χ4v) is 0.845. The first-order valence-corrected chi connectivity index (χ1v) is 4.14. The molecule has 0 heterocycles. The van der Waals surface area contributed by atoms with E-state index in [0.29, 0.717) is 6.10 Å². The lowest BCUT2D eigenvalue weighted by Crippen LogP contribution is -2.22. The quantitative estimate of drug-likeness (QED) is 0.583. The van der Waals surface area contributed by atoms with Crippen molar-refractivity contribution in [3.63, 3.8) is 0 Å².